The highest BCUT2D eigenvalue weighted by molar-refractivity contribution is 6.17. The molecule has 1 unspecified atom stereocenters. The number of nitrogens with one attached hydrogen (secondary N) is 1. The molecule has 1 aromatic carbocycles. The largest absolute Gasteiger partial charge is 0.490 e. The first-order valence-corrected chi connectivity index (χ1v) is 7.83. The molecule has 0 aliphatic heterocycles. The SMILES string of the molecule is CC=CC(=O)NC(C)c1cc2cccc(OCCCCl)c2o1. The van der Waals surface area contributed by atoms with E-state index >= 15 is 0 Å². The van der Waals surface area contributed by atoms with Gasteiger partial charge in [0.2, 0.25) is 5.91 Å². The molecular formula is C17H20ClNO3. The lowest BCUT2D eigenvalue weighted by atomic mass is 10.2. The van der Waals surface area contributed by atoms with Crippen molar-refractivity contribution in [1.29, 1.82) is 0 Å². The van der Waals surface area contributed by atoms with E-state index in [9.17, 15) is 4.79 Å². The minimum Gasteiger partial charge on any atom is -0.490 e. The van der Waals surface area contributed by atoms with Gasteiger partial charge in [0.15, 0.2) is 11.3 Å². The van der Waals surface area contributed by atoms with E-state index in [4.69, 9.17) is 20.8 Å². The van der Waals surface area contributed by atoms with Crippen molar-refractivity contribution in [3.8, 4) is 5.75 Å². The van der Waals surface area contributed by atoms with Crippen LogP contribution in [0.4, 0.5) is 0 Å². The molecule has 5 heteroatoms. The fraction of sp³-hybridized carbons (Fsp3) is 0.353. The number of furan rings is 1. The van der Waals surface area contributed by atoms with Crippen molar-refractivity contribution < 1.29 is 13.9 Å². The summed E-state index contributed by atoms with van der Waals surface area (Å²) in [6.07, 6.45) is 3.96. The Morgan fingerprint density at radius 1 is 1.50 bits per heavy atom. The van der Waals surface area contributed by atoms with Gasteiger partial charge in [-0.15, -0.1) is 11.6 Å². The Morgan fingerprint density at radius 3 is 3.05 bits per heavy atom. The van der Waals surface area contributed by atoms with Crippen LogP contribution in [0.1, 0.15) is 32.1 Å². The first kappa shape index (κ1) is 16.4. The van der Waals surface area contributed by atoms with Crippen molar-refractivity contribution in [3.05, 3.63) is 42.2 Å². The normalized spacial score (nSPS) is 12.7. The predicted molar refractivity (Wildman–Crippen MR) is 88.4 cm³/mol. The van der Waals surface area contributed by atoms with Crippen LogP contribution in [-0.4, -0.2) is 18.4 Å². The van der Waals surface area contributed by atoms with Crippen LogP contribution in [0, 0.1) is 0 Å². The Bertz CT molecular complexity index is 663. The number of amides is 1. The van der Waals surface area contributed by atoms with Crippen molar-refractivity contribution in [2.24, 2.45) is 0 Å². The van der Waals surface area contributed by atoms with Gasteiger partial charge < -0.3 is 14.5 Å². The maximum Gasteiger partial charge on any atom is 0.244 e. The summed E-state index contributed by atoms with van der Waals surface area (Å²) in [5.74, 6) is 1.81. The lowest BCUT2D eigenvalue weighted by Crippen LogP contribution is -2.24. The minimum absolute atomic E-state index is 0.144. The summed E-state index contributed by atoms with van der Waals surface area (Å²) < 4.78 is 11.6. The van der Waals surface area contributed by atoms with Crippen molar-refractivity contribution in [2.75, 3.05) is 12.5 Å². The average molecular weight is 322 g/mol. The zero-order valence-corrected chi connectivity index (χ0v) is 13.5. The van der Waals surface area contributed by atoms with Gasteiger partial charge in [0.1, 0.15) is 5.76 Å². The van der Waals surface area contributed by atoms with Gasteiger partial charge in [-0.3, -0.25) is 4.79 Å². The van der Waals surface area contributed by atoms with Crippen LogP contribution in [0.3, 0.4) is 0 Å². The molecule has 2 rings (SSSR count). The smallest absolute Gasteiger partial charge is 0.244 e. The maximum atomic E-state index is 11.6. The molecule has 1 atom stereocenters. The van der Waals surface area contributed by atoms with Crippen LogP contribution in [0.2, 0.25) is 0 Å². The summed E-state index contributed by atoms with van der Waals surface area (Å²) in [4.78, 5) is 11.6. The molecule has 1 N–H and O–H groups in total. The minimum atomic E-state index is -0.216. The molecule has 4 nitrogen and oxygen atoms in total. The fourth-order valence-corrected chi connectivity index (χ4v) is 2.21. The molecule has 0 aliphatic rings. The summed E-state index contributed by atoms with van der Waals surface area (Å²) in [5, 5.41) is 3.80. The second kappa shape index (κ2) is 7.90. The first-order valence-electron chi connectivity index (χ1n) is 7.30. The number of halogens is 1. The Balaban J connectivity index is 2.18. The number of carbonyl (C=O) groups excluding carboxylic acids is 1. The second-order valence-electron chi connectivity index (χ2n) is 4.94. The topological polar surface area (TPSA) is 51.5 Å². The van der Waals surface area contributed by atoms with Crippen LogP contribution in [0.5, 0.6) is 5.75 Å². The van der Waals surface area contributed by atoms with Gasteiger partial charge >= 0.3 is 0 Å². The summed E-state index contributed by atoms with van der Waals surface area (Å²) >= 11 is 5.66. The molecule has 1 heterocycles. The van der Waals surface area contributed by atoms with Crippen molar-refractivity contribution in [1.82, 2.24) is 5.32 Å². The standard InChI is InChI=1S/C17H20ClNO3/c1-3-6-16(20)19-12(2)15-11-13-7-4-8-14(17(13)22-15)21-10-5-9-18/h3-4,6-8,11-12H,5,9-10H2,1-2H3,(H,19,20). The van der Waals surface area contributed by atoms with Crippen LogP contribution < -0.4 is 10.1 Å². The number of allylic oxidation sites excluding steroid dienone is 1. The van der Waals surface area contributed by atoms with Crippen LogP contribution in [0.25, 0.3) is 11.0 Å². The Kier molecular flexibility index (Phi) is 5.90. The van der Waals surface area contributed by atoms with E-state index in [1.807, 2.05) is 31.2 Å². The number of fused-ring (bicyclic) bond motifs is 1. The number of rotatable bonds is 7. The maximum absolute atomic E-state index is 11.6. The molecule has 0 spiro atoms. The second-order valence-corrected chi connectivity index (χ2v) is 5.32. The van der Waals surface area contributed by atoms with E-state index in [0.29, 0.717) is 29.6 Å². The number of hydrogen-bond donors (Lipinski definition) is 1. The number of para-hydroxylation sites is 1. The monoisotopic (exact) mass is 321 g/mol. The lowest BCUT2D eigenvalue weighted by molar-refractivity contribution is -0.117. The van der Waals surface area contributed by atoms with E-state index in [-0.39, 0.29) is 11.9 Å². The zero-order chi connectivity index (χ0) is 15.9. The van der Waals surface area contributed by atoms with Crippen molar-refractivity contribution >= 4 is 28.5 Å². The summed E-state index contributed by atoms with van der Waals surface area (Å²) in [5.41, 5.74) is 0.694. The van der Waals surface area contributed by atoms with Crippen molar-refractivity contribution in [2.45, 2.75) is 26.3 Å². The third kappa shape index (κ3) is 4.04. The fourth-order valence-electron chi connectivity index (χ4n) is 2.10. The Labute approximate surface area is 135 Å². The molecule has 1 amide bonds. The van der Waals surface area contributed by atoms with E-state index in [1.54, 1.807) is 13.0 Å². The van der Waals surface area contributed by atoms with Crippen LogP contribution in [0.15, 0.2) is 40.8 Å². The van der Waals surface area contributed by atoms with E-state index < -0.39 is 0 Å². The molecular weight excluding hydrogens is 302 g/mol. The molecule has 0 bridgehead atoms. The molecule has 0 radical (unpaired) electrons. The molecule has 118 valence electrons. The van der Waals surface area contributed by atoms with E-state index in [1.165, 1.54) is 6.08 Å². The molecule has 0 fully saturated rings. The molecule has 0 aliphatic carbocycles. The molecule has 0 saturated carbocycles. The summed E-state index contributed by atoms with van der Waals surface area (Å²) in [6.45, 7) is 4.23. The van der Waals surface area contributed by atoms with Gasteiger partial charge in [-0.05, 0) is 38.5 Å². The third-order valence-electron chi connectivity index (χ3n) is 3.17. The molecule has 22 heavy (non-hydrogen) atoms. The third-order valence-corrected chi connectivity index (χ3v) is 3.43. The number of hydrogen-bond acceptors (Lipinski definition) is 3. The van der Waals surface area contributed by atoms with E-state index in [2.05, 4.69) is 5.32 Å². The lowest BCUT2D eigenvalue weighted by Gasteiger charge is -2.09. The van der Waals surface area contributed by atoms with Crippen LogP contribution in [-0.2, 0) is 4.79 Å². The summed E-state index contributed by atoms with van der Waals surface area (Å²) in [6, 6.07) is 7.45. The highest BCUT2D eigenvalue weighted by Gasteiger charge is 2.15. The summed E-state index contributed by atoms with van der Waals surface area (Å²) in [7, 11) is 0. The van der Waals surface area contributed by atoms with Gasteiger partial charge in [-0.25, -0.2) is 0 Å². The van der Waals surface area contributed by atoms with Crippen LogP contribution >= 0.6 is 11.6 Å². The number of benzene rings is 1. The number of carbonyl (C=O) groups is 1. The number of ether oxygens (including phenoxy) is 1. The first-order chi connectivity index (χ1) is 10.7. The van der Waals surface area contributed by atoms with Gasteiger partial charge in [-0.2, -0.15) is 0 Å². The predicted octanol–water partition coefficient (Wildman–Crippen LogP) is 4.19. The number of alkyl halides is 1. The Morgan fingerprint density at radius 2 is 2.32 bits per heavy atom. The van der Waals surface area contributed by atoms with Gasteiger partial charge in [0.05, 0.1) is 12.6 Å². The highest BCUT2D eigenvalue weighted by Crippen LogP contribution is 2.31. The van der Waals surface area contributed by atoms with E-state index in [0.717, 1.165) is 11.8 Å². The van der Waals surface area contributed by atoms with Crippen molar-refractivity contribution in [3.63, 3.8) is 0 Å². The van der Waals surface area contributed by atoms with Gasteiger partial charge in [0, 0.05) is 11.3 Å². The Hall–Kier alpha value is -1.94. The molecule has 1 aromatic heterocycles. The zero-order valence-electron chi connectivity index (χ0n) is 12.8. The highest BCUT2D eigenvalue weighted by atomic mass is 35.5. The molecule has 2 aromatic rings. The average Bonchev–Trinajstić information content (AvgIpc) is 2.93. The molecule has 0 saturated heterocycles. The van der Waals surface area contributed by atoms with Gasteiger partial charge in [0.25, 0.3) is 0 Å². The van der Waals surface area contributed by atoms with Gasteiger partial charge in [-0.1, -0.05) is 18.2 Å². The quantitative estimate of drug-likeness (QED) is 0.472.